The molecule has 0 radical (unpaired) electrons. The molecular formula is C17H23NO4. The first-order valence-corrected chi connectivity index (χ1v) is 8.15. The van der Waals surface area contributed by atoms with Crippen LogP contribution < -0.4 is 0 Å². The van der Waals surface area contributed by atoms with Gasteiger partial charge in [0.05, 0.1) is 7.11 Å². The zero-order valence-electron chi connectivity index (χ0n) is 13.2. The summed E-state index contributed by atoms with van der Waals surface area (Å²) in [4.78, 5) is 26.7. The molecule has 0 N–H and O–H groups in total. The third-order valence-corrected chi connectivity index (χ3v) is 5.02. The van der Waals surface area contributed by atoms with Crippen molar-refractivity contribution in [3.8, 4) is 0 Å². The van der Waals surface area contributed by atoms with Gasteiger partial charge in [-0.05, 0) is 37.3 Å². The Morgan fingerprint density at radius 2 is 2.09 bits per heavy atom. The van der Waals surface area contributed by atoms with E-state index in [-0.39, 0.29) is 17.9 Å². The maximum absolute atomic E-state index is 12.9. The van der Waals surface area contributed by atoms with Crippen molar-refractivity contribution >= 4 is 11.9 Å². The van der Waals surface area contributed by atoms with Gasteiger partial charge in [-0.15, -0.1) is 0 Å². The molecule has 2 aliphatic rings. The number of methoxy groups -OCH3 is 1. The Morgan fingerprint density at radius 3 is 2.77 bits per heavy atom. The highest BCUT2D eigenvalue weighted by Gasteiger charge is 2.48. The van der Waals surface area contributed by atoms with E-state index in [2.05, 4.69) is 0 Å². The highest BCUT2D eigenvalue weighted by molar-refractivity contribution is 5.95. The van der Waals surface area contributed by atoms with E-state index in [4.69, 9.17) is 9.15 Å². The van der Waals surface area contributed by atoms with Gasteiger partial charge in [-0.25, -0.2) is 4.79 Å². The number of ether oxygens (including phenoxy) is 1. The third kappa shape index (κ3) is 2.53. The number of esters is 1. The first kappa shape index (κ1) is 15.1. The Kier molecular flexibility index (Phi) is 4.23. The van der Waals surface area contributed by atoms with Crippen molar-refractivity contribution in [1.82, 2.24) is 4.90 Å². The number of hydrogen-bond donors (Lipinski definition) is 0. The molecule has 2 heterocycles. The molecular weight excluding hydrogens is 282 g/mol. The van der Waals surface area contributed by atoms with E-state index in [1.165, 1.54) is 13.5 Å². The van der Waals surface area contributed by atoms with Crippen molar-refractivity contribution in [2.24, 2.45) is 5.92 Å². The van der Waals surface area contributed by atoms with E-state index >= 15 is 0 Å². The van der Waals surface area contributed by atoms with E-state index in [9.17, 15) is 9.59 Å². The zero-order chi connectivity index (χ0) is 15.7. The number of carbonyl (C=O) groups excluding carboxylic acids is 2. The average Bonchev–Trinajstić information content (AvgIpc) is 3.17. The Hall–Kier alpha value is -1.78. The summed E-state index contributed by atoms with van der Waals surface area (Å²) in [7, 11) is 1.38. The molecule has 0 spiro atoms. The van der Waals surface area contributed by atoms with Gasteiger partial charge in [0.1, 0.15) is 11.8 Å². The quantitative estimate of drug-likeness (QED) is 0.806. The summed E-state index contributed by atoms with van der Waals surface area (Å²) in [5.41, 5.74) is 0. The minimum absolute atomic E-state index is 0.139. The van der Waals surface area contributed by atoms with Crippen molar-refractivity contribution in [2.75, 3.05) is 7.11 Å². The van der Waals surface area contributed by atoms with E-state index in [1.54, 1.807) is 11.0 Å². The number of rotatable bonds is 3. The van der Waals surface area contributed by atoms with Crippen LogP contribution in [0.15, 0.2) is 16.5 Å². The molecule has 3 atom stereocenters. The Balaban J connectivity index is 1.89. The van der Waals surface area contributed by atoms with Crippen LogP contribution in [0.3, 0.4) is 0 Å². The molecule has 1 saturated carbocycles. The molecule has 1 aromatic heterocycles. The number of carbonyl (C=O) groups is 2. The van der Waals surface area contributed by atoms with Crippen LogP contribution in [0, 0.1) is 5.92 Å². The minimum Gasteiger partial charge on any atom is -0.467 e. The highest BCUT2D eigenvalue weighted by atomic mass is 16.5. The van der Waals surface area contributed by atoms with Crippen molar-refractivity contribution in [2.45, 2.75) is 57.5 Å². The van der Waals surface area contributed by atoms with E-state index in [0.717, 1.165) is 31.4 Å². The maximum Gasteiger partial charge on any atom is 0.328 e. The Morgan fingerprint density at radius 1 is 1.32 bits per heavy atom. The van der Waals surface area contributed by atoms with Crippen molar-refractivity contribution in [3.05, 3.63) is 23.7 Å². The van der Waals surface area contributed by atoms with Gasteiger partial charge in [0.15, 0.2) is 5.76 Å². The van der Waals surface area contributed by atoms with Gasteiger partial charge in [0, 0.05) is 12.5 Å². The van der Waals surface area contributed by atoms with Gasteiger partial charge < -0.3 is 14.1 Å². The van der Waals surface area contributed by atoms with Crippen LogP contribution in [0.1, 0.15) is 55.3 Å². The monoisotopic (exact) mass is 305 g/mol. The second-order valence-electron chi connectivity index (χ2n) is 6.22. The lowest BCUT2D eigenvalue weighted by Gasteiger charge is -2.32. The zero-order valence-corrected chi connectivity index (χ0v) is 13.2. The third-order valence-electron chi connectivity index (χ3n) is 5.02. The van der Waals surface area contributed by atoms with Gasteiger partial charge in [0.25, 0.3) is 5.91 Å². The van der Waals surface area contributed by atoms with Crippen LogP contribution in [0.5, 0.6) is 0 Å². The van der Waals surface area contributed by atoms with Gasteiger partial charge in [-0.3, -0.25) is 4.79 Å². The SMILES string of the molecule is CCc1ccc(C(=O)N2[C@H](C(=O)OC)C[C@@H]3CCCC[C@@H]32)o1. The van der Waals surface area contributed by atoms with Gasteiger partial charge in [-0.2, -0.15) is 0 Å². The summed E-state index contributed by atoms with van der Waals surface area (Å²) < 4.78 is 10.5. The molecule has 5 heteroatoms. The second kappa shape index (κ2) is 6.15. The number of fused-ring (bicyclic) bond motifs is 1. The number of likely N-dealkylation sites (tertiary alicyclic amines) is 1. The van der Waals surface area contributed by atoms with Crippen molar-refractivity contribution in [1.29, 1.82) is 0 Å². The summed E-state index contributed by atoms with van der Waals surface area (Å²) in [6, 6.07) is 3.21. The standard InChI is InChI=1S/C17H23NO4/c1-3-12-8-9-15(22-12)16(19)18-13-7-5-4-6-11(13)10-14(18)17(20)21-2/h8-9,11,13-14H,3-7,10H2,1-2H3/t11-,13-,14-/m0/s1. The maximum atomic E-state index is 12.9. The van der Waals surface area contributed by atoms with Crippen LogP contribution in [0.25, 0.3) is 0 Å². The molecule has 1 aliphatic heterocycles. The molecule has 1 aromatic rings. The lowest BCUT2D eigenvalue weighted by molar-refractivity contribution is -0.145. The summed E-state index contributed by atoms with van der Waals surface area (Å²) in [5.74, 6) is 1.03. The van der Waals surface area contributed by atoms with Crippen LogP contribution in [-0.4, -0.2) is 36.0 Å². The molecule has 2 fully saturated rings. The molecule has 1 saturated heterocycles. The smallest absolute Gasteiger partial charge is 0.328 e. The average molecular weight is 305 g/mol. The highest BCUT2D eigenvalue weighted by Crippen LogP contribution is 2.40. The fraction of sp³-hybridized carbons (Fsp3) is 0.647. The minimum atomic E-state index is -0.472. The number of furan rings is 1. The molecule has 5 nitrogen and oxygen atoms in total. The number of aryl methyl sites for hydroxylation is 1. The van der Waals surface area contributed by atoms with Crippen LogP contribution >= 0.6 is 0 Å². The lowest BCUT2D eigenvalue weighted by Crippen LogP contribution is -2.46. The van der Waals surface area contributed by atoms with E-state index in [1.807, 2.05) is 13.0 Å². The molecule has 0 bridgehead atoms. The first-order valence-electron chi connectivity index (χ1n) is 8.15. The van der Waals surface area contributed by atoms with Crippen LogP contribution in [0.2, 0.25) is 0 Å². The summed E-state index contributed by atoms with van der Waals surface area (Å²) >= 11 is 0. The van der Waals surface area contributed by atoms with Crippen molar-refractivity contribution in [3.63, 3.8) is 0 Å². The van der Waals surface area contributed by atoms with Crippen LogP contribution in [0.4, 0.5) is 0 Å². The Labute approximate surface area is 130 Å². The summed E-state index contributed by atoms with van der Waals surface area (Å²) in [5, 5.41) is 0. The first-order chi connectivity index (χ1) is 10.7. The largest absolute Gasteiger partial charge is 0.467 e. The molecule has 3 rings (SSSR count). The topological polar surface area (TPSA) is 59.8 Å². The predicted octanol–water partition coefficient (Wildman–Crippen LogP) is 2.79. The van der Waals surface area contributed by atoms with Gasteiger partial charge in [-0.1, -0.05) is 19.8 Å². The molecule has 22 heavy (non-hydrogen) atoms. The predicted molar refractivity (Wildman–Crippen MR) is 80.4 cm³/mol. The number of nitrogens with zero attached hydrogens (tertiary/aromatic N) is 1. The fourth-order valence-electron chi connectivity index (χ4n) is 3.91. The van der Waals surface area contributed by atoms with E-state index in [0.29, 0.717) is 18.1 Å². The lowest BCUT2D eigenvalue weighted by atomic mass is 9.84. The molecule has 1 aliphatic carbocycles. The van der Waals surface area contributed by atoms with Gasteiger partial charge in [0.2, 0.25) is 0 Å². The van der Waals surface area contributed by atoms with Gasteiger partial charge >= 0.3 is 5.97 Å². The number of hydrogen-bond acceptors (Lipinski definition) is 4. The van der Waals surface area contributed by atoms with E-state index < -0.39 is 6.04 Å². The molecule has 0 aromatic carbocycles. The molecule has 120 valence electrons. The van der Waals surface area contributed by atoms with Crippen LogP contribution in [-0.2, 0) is 16.0 Å². The summed E-state index contributed by atoms with van der Waals surface area (Å²) in [6.45, 7) is 1.98. The second-order valence-corrected chi connectivity index (χ2v) is 6.22. The normalized spacial score (nSPS) is 27.5. The fourth-order valence-corrected chi connectivity index (χ4v) is 3.91. The Bertz CT molecular complexity index is 565. The number of amides is 1. The summed E-state index contributed by atoms with van der Waals surface area (Å²) in [6.07, 6.45) is 5.80. The molecule has 1 amide bonds. The molecule has 0 unspecified atom stereocenters. The van der Waals surface area contributed by atoms with Crippen molar-refractivity contribution < 1.29 is 18.7 Å².